The van der Waals surface area contributed by atoms with Gasteiger partial charge in [-0.25, -0.2) is 4.79 Å². The highest BCUT2D eigenvalue weighted by molar-refractivity contribution is 7.70. The molecule has 9 atom stereocenters. The molecule has 0 aromatic carbocycles. The van der Waals surface area contributed by atoms with Crippen LogP contribution in [-0.2, 0) is 39.1 Å². The molecule has 1 fully saturated rings. The van der Waals surface area contributed by atoms with Crippen molar-refractivity contribution in [3.63, 3.8) is 0 Å². The molecule has 1 aromatic rings. The van der Waals surface area contributed by atoms with Crippen LogP contribution in [-0.4, -0.2) is 120 Å². The molecular weight excluding hydrogens is 574 g/mol. The van der Waals surface area contributed by atoms with Crippen LogP contribution in [0.4, 0.5) is 0 Å². The number of H-pyrrole nitrogens is 1. The number of hydrogen-bond donors (Lipinski definition) is 8. The van der Waals surface area contributed by atoms with Crippen LogP contribution >= 0.6 is 15.2 Å². The Bertz CT molecular complexity index is 1180. The second kappa shape index (κ2) is 14.7. The predicted molar refractivity (Wildman–Crippen MR) is 127 cm³/mol. The molecule has 1 saturated heterocycles. The topological polar surface area (TPSA) is 277 Å². The average molecular weight is 604 g/mol. The Morgan fingerprint density at radius 3 is 2.46 bits per heavy atom. The van der Waals surface area contributed by atoms with E-state index in [2.05, 4.69) is 5.92 Å². The van der Waals surface area contributed by atoms with E-state index in [-0.39, 0.29) is 6.61 Å². The summed E-state index contributed by atoms with van der Waals surface area (Å²) in [4.78, 5) is 45.0. The molecule has 1 aliphatic rings. The highest BCUT2D eigenvalue weighted by atomic mass is 31.2. The monoisotopic (exact) mass is 604 g/mol. The zero-order valence-corrected chi connectivity index (χ0v) is 22.0. The summed E-state index contributed by atoms with van der Waals surface area (Å²) in [6.07, 6.45) is -6.16. The molecular formula is C19H30N2O16P2. The van der Waals surface area contributed by atoms with Crippen LogP contribution in [0.3, 0.4) is 0 Å². The minimum atomic E-state index is -5.11. The number of aliphatic hydroxyl groups is 5. The first-order valence-corrected chi connectivity index (χ1v) is 14.6. The lowest BCUT2D eigenvalue weighted by atomic mass is 9.99. The van der Waals surface area contributed by atoms with Gasteiger partial charge in [0, 0.05) is 12.3 Å². The molecule has 1 aliphatic heterocycles. The maximum Gasteiger partial charge on any atom is 0.342 e. The molecule has 0 radical (unpaired) electrons. The fourth-order valence-electron chi connectivity index (χ4n) is 3.14. The maximum atomic E-state index is 12.5. The molecule has 2 heterocycles. The molecule has 0 saturated carbocycles. The van der Waals surface area contributed by atoms with Crippen LogP contribution in [0.15, 0.2) is 21.9 Å². The van der Waals surface area contributed by atoms with Crippen LogP contribution in [0, 0.1) is 12.3 Å². The van der Waals surface area contributed by atoms with Crippen molar-refractivity contribution < 1.29 is 67.7 Å². The van der Waals surface area contributed by atoms with Crippen molar-refractivity contribution in [1.29, 1.82) is 0 Å². The molecule has 20 heteroatoms. The summed E-state index contributed by atoms with van der Waals surface area (Å²) in [5.74, 6) is 0.592. The van der Waals surface area contributed by atoms with Crippen LogP contribution in [0.25, 0.3) is 0 Å². The summed E-state index contributed by atoms with van der Waals surface area (Å²) in [6.45, 7) is -3.00. The number of aromatic amines is 1. The number of nitrogens with one attached hydrogen (secondary N) is 1. The highest BCUT2D eigenvalue weighted by Gasteiger charge is 2.48. The second-order valence-electron chi connectivity index (χ2n) is 8.22. The van der Waals surface area contributed by atoms with Crippen LogP contribution in [0.2, 0.25) is 0 Å². The molecule has 18 nitrogen and oxygen atoms in total. The minimum absolute atomic E-state index is 0.197. The number of aromatic nitrogens is 2. The molecule has 222 valence electrons. The first kappa shape index (κ1) is 33.4. The van der Waals surface area contributed by atoms with Crippen molar-refractivity contribution in [3.8, 4) is 12.3 Å². The fourth-order valence-corrected chi connectivity index (χ4v) is 6.42. The number of aliphatic hydroxyl groups excluding tert-OH is 5. The molecule has 0 bridgehead atoms. The van der Waals surface area contributed by atoms with Crippen LogP contribution < -0.4 is 11.2 Å². The fraction of sp³-hybridized carbons (Fsp3) is 0.684. The van der Waals surface area contributed by atoms with Gasteiger partial charge in [0.25, 0.3) is 5.56 Å². The van der Waals surface area contributed by atoms with E-state index >= 15 is 0 Å². The van der Waals surface area contributed by atoms with Crippen molar-refractivity contribution in [1.82, 2.24) is 9.55 Å². The summed E-state index contributed by atoms with van der Waals surface area (Å²) < 4.78 is 50.8. The highest BCUT2D eigenvalue weighted by Crippen LogP contribution is 2.59. The van der Waals surface area contributed by atoms with Gasteiger partial charge in [-0.15, -0.1) is 6.42 Å². The molecule has 2 rings (SSSR count). The van der Waals surface area contributed by atoms with Gasteiger partial charge in [-0.3, -0.25) is 28.0 Å². The lowest BCUT2D eigenvalue weighted by Gasteiger charge is -2.40. The van der Waals surface area contributed by atoms with Crippen molar-refractivity contribution in [2.45, 2.75) is 49.6 Å². The lowest BCUT2D eigenvalue weighted by molar-refractivity contribution is -0.280. The Morgan fingerprint density at radius 1 is 1.15 bits per heavy atom. The van der Waals surface area contributed by atoms with E-state index in [1.807, 2.05) is 4.98 Å². The maximum absolute atomic E-state index is 12.5. The number of hydrogen-bond acceptors (Lipinski definition) is 14. The van der Waals surface area contributed by atoms with E-state index in [9.17, 15) is 54.0 Å². The summed E-state index contributed by atoms with van der Waals surface area (Å²) in [5.41, 5.74) is -1.56. The lowest BCUT2D eigenvalue weighted by Crippen LogP contribution is -2.59. The predicted octanol–water partition coefficient (Wildman–Crippen LogP) is -3.95. The van der Waals surface area contributed by atoms with Gasteiger partial charge in [-0.1, -0.05) is 5.92 Å². The standard InChI is InChI=1S/C19H30N2O16P2/c1-2-5-33-7-13-15(25)16(26)17(27)18(36-13)37-39(31,32)10-38(29,30)35-8-12(11(23)6-22)34-9-21-4-3-14(24)20-19(21)28/h1,3-4,11-13,15-18,22-23,25-27H,5-10H2,(H,29,30)(H,31,32)(H,20,24,28)/t11?,12-,13?,15?,16?,17-,18?/m1/s1. The molecule has 1 aromatic heterocycles. The molecule has 0 spiro atoms. The zero-order chi connectivity index (χ0) is 29.4. The Balaban J connectivity index is 2.01. The first-order chi connectivity index (χ1) is 18.2. The third-order valence-corrected chi connectivity index (χ3v) is 9.09. The van der Waals surface area contributed by atoms with E-state index in [4.69, 9.17) is 29.7 Å². The second-order valence-corrected chi connectivity index (χ2v) is 12.4. The molecule has 39 heavy (non-hydrogen) atoms. The number of terminal acetylenes is 1. The van der Waals surface area contributed by atoms with E-state index in [0.717, 1.165) is 16.8 Å². The first-order valence-electron chi connectivity index (χ1n) is 11.1. The summed E-state index contributed by atoms with van der Waals surface area (Å²) in [7, 11) is -10.1. The van der Waals surface area contributed by atoms with Gasteiger partial charge in [0.2, 0.25) is 0 Å². The van der Waals surface area contributed by atoms with Gasteiger partial charge in [-0.2, -0.15) is 0 Å². The quantitative estimate of drug-likeness (QED) is 0.0539. The van der Waals surface area contributed by atoms with Crippen molar-refractivity contribution in [2.75, 3.05) is 32.3 Å². The summed E-state index contributed by atoms with van der Waals surface area (Å²) >= 11 is 0. The third-order valence-electron chi connectivity index (χ3n) is 5.14. The van der Waals surface area contributed by atoms with E-state index < -0.39 is 102 Å². The Morgan fingerprint density at radius 2 is 1.85 bits per heavy atom. The van der Waals surface area contributed by atoms with Gasteiger partial charge < -0.3 is 54.1 Å². The number of ether oxygens (including phenoxy) is 3. The third kappa shape index (κ3) is 10.3. The van der Waals surface area contributed by atoms with Crippen LogP contribution in [0.1, 0.15) is 0 Å². The van der Waals surface area contributed by atoms with Gasteiger partial charge in [-0.05, 0) is 0 Å². The van der Waals surface area contributed by atoms with Crippen molar-refractivity contribution in [2.24, 2.45) is 0 Å². The Kier molecular flexibility index (Phi) is 12.6. The zero-order valence-electron chi connectivity index (χ0n) is 20.2. The van der Waals surface area contributed by atoms with Crippen molar-refractivity contribution >= 4 is 15.2 Å². The van der Waals surface area contributed by atoms with E-state index in [1.54, 1.807) is 0 Å². The normalized spacial score (nSPS) is 28.1. The summed E-state index contributed by atoms with van der Waals surface area (Å²) in [6, 6.07) is 0.999. The molecule has 8 N–H and O–H groups in total. The van der Waals surface area contributed by atoms with Gasteiger partial charge in [0.05, 0.1) is 19.8 Å². The molecule has 0 amide bonds. The summed E-state index contributed by atoms with van der Waals surface area (Å²) in [5, 5.41) is 49.2. The van der Waals surface area contributed by atoms with Crippen LogP contribution in [0.5, 0.6) is 0 Å². The average Bonchev–Trinajstić information content (AvgIpc) is 2.85. The van der Waals surface area contributed by atoms with E-state index in [1.165, 1.54) is 0 Å². The number of rotatable bonds is 15. The minimum Gasteiger partial charge on any atom is -0.394 e. The van der Waals surface area contributed by atoms with Crippen molar-refractivity contribution in [3.05, 3.63) is 33.1 Å². The largest absolute Gasteiger partial charge is 0.394 e. The van der Waals surface area contributed by atoms with Gasteiger partial charge in [0.15, 0.2) is 12.2 Å². The van der Waals surface area contributed by atoms with Gasteiger partial charge in [0.1, 0.15) is 50.0 Å². The SMILES string of the molecule is C#CCOCC1OC(OP(=O)(O)CP(=O)(O)OC[C@@H](OCn2ccc(=O)[nH]c2=O)C(O)CO)[C@H](O)C(O)C1O. The Hall–Kier alpha value is -1.78. The Labute approximate surface area is 220 Å². The van der Waals surface area contributed by atoms with E-state index in [0.29, 0.717) is 0 Å². The smallest absolute Gasteiger partial charge is 0.342 e. The van der Waals surface area contributed by atoms with Gasteiger partial charge >= 0.3 is 20.9 Å². The number of nitrogens with zero attached hydrogens (tertiary/aromatic N) is 1. The molecule has 7 unspecified atom stereocenters. The molecule has 0 aliphatic carbocycles.